The molecule has 2 aromatic carbocycles. The molecule has 32 heavy (non-hydrogen) atoms. The van der Waals surface area contributed by atoms with Crippen LogP contribution in [0.3, 0.4) is 0 Å². The number of rotatable bonds is 4. The van der Waals surface area contributed by atoms with E-state index in [1.807, 2.05) is 0 Å². The Morgan fingerprint density at radius 3 is 2.06 bits per heavy atom. The van der Waals surface area contributed by atoms with Gasteiger partial charge in [0.2, 0.25) is 0 Å². The predicted octanol–water partition coefficient (Wildman–Crippen LogP) is 4.48. The van der Waals surface area contributed by atoms with Crippen molar-refractivity contribution in [3.8, 4) is 0 Å². The van der Waals surface area contributed by atoms with Crippen LogP contribution in [0.2, 0.25) is 0 Å². The maximum absolute atomic E-state index is 13.8. The fourth-order valence-corrected chi connectivity index (χ4v) is 4.65. The van der Waals surface area contributed by atoms with E-state index in [-0.39, 0.29) is 0 Å². The van der Waals surface area contributed by atoms with Gasteiger partial charge in [-0.2, -0.15) is 13.2 Å². The smallest absolute Gasteiger partial charge is 0.370 e. The Morgan fingerprint density at radius 2 is 1.38 bits per heavy atom. The highest BCUT2D eigenvalue weighted by atomic mass is 19.4. The largest absolute Gasteiger partial charge is 0.416 e. The van der Waals surface area contributed by atoms with Gasteiger partial charge in [0, 0.05) is 63.7 Å². The van der Waals surface area contributed by atoms with Crippen LogP contribution in [-0.4, -0.2) is 69.2 Å². The minimum Gasteiger partial charge on any atom is -0.370 e. The fourth-order valence-electron chi connectivity index (χ4n) is 4.65. The van der Waals surface area contributed by atoms with Crippen molar-refractivity contribution in [1.82, 2.24) is 9.80 Å². The molecule has 2 aromatic rings. The fraction of sp³-hybridized carbons (Fsp3) is 0.520. The van der Waals surface area contributed by atoms with Crippen molar-refractivity contribution in [2.45, 2.75) is 26.1 Å². The highest BCUT2D eigenvalue weighted by Gasteiger charge is 2.34. The first-order valence-corrected chi connectivity index (χ1v) is 11.5. The molecule has 0 amide bonds. The summed E-state index contributed by atoms with van der Waals surface area (Å²) < 4.78 is 41.3. The second-order valence-corrected chi connectivity index (χ2v) is 9.08. The molecule has 0 saturated carbocycles. The average Bonchev–Trinajstić information content (AvgIpc) is 2.98. The molecule has 0 radical (unpaired) electrons. The second kappa shape index (κ2) is 9.71. The molecular formula is C25H33F3N4. The van der Waals surface area contributed by atoms with Gasteiger partial charge in [-0.25, -0.2) is 0 Å². The van der Waals surface area contributed by atoms with Crippen LogP contribution in [0, 0.1) is 6.92 Å². The van der Waals surface area contributed by atoms with Crippen molar-refractivity contribution >= 4 is 11.4 Å². The molecule has 2 aliphatic rings. The minimum atomic E-state index is -4.34. The molecule has 2 aliphatic heterocycles. The average molecular weight is 447 g/mol. The Balaban J connectivity index is 1.47. The number of nitrogens with zero attached hydrogens (tertiary/aromatic N) is 4. The highest BCUT2D eigenvalue weighted by Crippen LogP contribution is 2.35. The Kier molecular flexibility index (Phi) is 6.96. The Labute approximate surface area is 189 Å². The third-order valence-electron chi connectivity index (χ3n) is 6.64. The van der Waals surface area contributed by atoms with Gasteiger partial charge < -0.3 is 14.7 Å². The van der Waals surface area contributed by atoms with Crippen molar-refractivity contribution in [3.63, 3.8) is 0 Å². The number of hydrogen-bond acceptors (Lipinski definition) is 4. The van der Waals surface area contributed by atoms with E-state index < -0.39 is 11.7 Å². The zero-order valence-electron chi connectivity index (χ0n) is 19.0. The Morgan fingerprint density at radius 1 is 0.750 bits per heavy atom. The van der Waals surface area contributed by atoms with Gasteiger partial charge in [-0.15, -0.1) is 0 Å². The van der Waals surface area contributed by atoms with Gasteiger partial charge in [0.05, 0.1) is 5.56 Å². The van der Waals surface area contributed by atoms with Gasteiger partial charge in [-0.05, 0) is 62.8 Å². The van der Waals surface area contributed by atoms with Crippen molar-refractivity contribution in [3.05, 3.63) is 59.2 Å². The molecule has 0 aromatic heterocycles. The molecule has 174 valence electrons. The van der Waals surface area contributed by atoms with Gasteiger partial charge in [-0.3, -0.25) is 4.90 Å². The summed E-state index contributed by atoms with van der Waals surface area (Å²) in [5, 5.41) is 0. The van der Waals surface area contributed by atoms with Crippen LogP contribution in [0.1, 0.15) is 23.1 Å². The summed E-state index contributed by atoms with van der Waals surface area (Å²) in [7, 11) is 2.10. The number of halogens is 3. The maximum atomic E-state index is 13.8. The molecular weight excluding hydrogens is 413 g/mol. The summed E-state index contributed by atoms with van der Waals surface area (Å²) in [5.74, 6) is 0. The third-order valence-corrected chi connectivity index (χ3v) is 6.64. The number of likely N-dealkylation sites (N-methyl/N-ethyl adjacent to an activating group) is 1. The number of alkyl halides is 3. The summed E-state index contributed by atoms with van der Waals surface area (Å²) in [4.78, 5) is 8.96. The third kappa shape index (κ3) is 5.56. The number of hydrogen-bond donors (Lipinski definition) is 0. The van der Waals surface area contributed by atoms with E-state index in [4.69, 9.17) is 0 Å². The van der Waals surface area contributed by atoms with E-state index in [2.05, 4.69) is 57.8 Å². The van der Waals surface area contributed by atoms with Gasteiger partial charge in [0.25, 0.3) is 0 Å². The molecule has 2 fully saturated rings. The summed E-state index contributed by atoms with van der Waals surface area (Å²) in [6.07, 6.45) is -3.32. The lowest BCUT2D eigenvalue weighted by molar-refractivity contribution is -0.138. The maximum Gasteiger partial charge on any atom is 0.416 e. The van der Waals surface area contributed by atoms with Crippen molar-refractivity contribution < 1.29 is 13.2 Å². The van der Waals surface area contributed by atoms with Crippen molar-refractivity contribution in [2.75, 3.05) is 69.2 Å². The van der Waals surface area contributed by atoms with Crippen LogP contribution in [-0.2, 0) is 12.7 Å². The first-order valence-electron chi connectivity index (χ1n) is 11.5. The molecule has 0 unspecified atom stereocenters. The number of aryl methyl sites for hydroxylation is 1. The summed E-state index contributed by atoms with van der Waals surface area (Å²) in [6, 6.07) is 13.1. The Hall–Kier alpha value is -2.25. The van der Waals surface area contributed by atoms with E-state index in [0.29, 0.717) is 12.1 Å². The summed E-state index contributed by atoms with van der Waals surface area (Å²) in [6.45, 7) is 9.22. The van der Waals surface area contributed by atoms with E-state index in [0.717, 1.165) is 64.5 Å². The molecule has 0 atom stereocenters. The SMILES string of the molecule is Cc1ccc(N2CCN(Cc3cc(N4CCCN(C)CC4)ccc3C(F)(F)F)CC2)cc1. The lowest BCUT2D eigenvalue weighted by Gasteiger charge is -2.36. The number of benzene rings is 2. The van der Waals surface area contributed by atoms with Crippen molar-refractivity contribution in [2.24, 2.45) is 0 Å². The van der Waals surface area contributed by atoms with E-state index in [1.54, 1.807) is 12.1 Å². The molecule has 2 saturated heterocycles. The van der Waals surface area contributed by atoms with Crippen LogP contribution < -0.4 is 9.80 Å². The molecule has 0 aliphatic carbocycles. The number of anilines is 2. The first-order chi connectivity index (χ1) is 15.3. The van der Waals surface area contributed by atoms with Crippen LogP contribution in [0.25, 0.3) is 0 Å². The zero-order valence-corrected chi connectivity index (χ0v) is 19.0. The molecule has 4 nitrogen and oxygen atoms in total. The second-order valence-electron chi connectivity index (χ2n) is 9.08. The zero-order chi connectivity index (χ0) is 22.7. The molecule has 0 bridgehead atoms. The first kappa shape index (κ1) is 22.9. The van der Waals surface area contributed by atoms with E-state index >= 15 is 0 Å². The molecule has 0 spiro atoms. The lowest BCUT2D eigenvalue weighted by atomic mass is 10.0. The topological polar surface area (TPSA) is 13.0 Å². The summed E-state index contributed by atoms with van der Waals surface area (Å²) >= 11 is 0. The van der Waals surface area contributed by atoms with E-state index in [9.17, 15) is 13.2 Å². The number of piperazine rings is 1. The quantitative estimate of drug-likeness (QED) is 0.687. The van der Waals surface area contributed by atoms with Gasteiger partial charge >= 0.3 is 6.18 Å². The molecule has 4 rings (SSSR count). The monoisotopic (exact) mass is 446 g/mol. The molecule has 0 N–H and O–H groups in total. The Bertz CT molecular complexity index is 889. The van der Waals surface area contributed by atoms with Gasteiger partial charge in [0.1, 0.15) is 0 Å². The highest BCUT2D eigenvalue weighted by molar-refractivity contribution is 5.52. The van der Waals surface area contributed by atoms with E-state index in [1.165, 1.54) is 17.3 Å². The molecule has 2 heterocycles. The van der Waals surface area contributed by atoms with Crippen molar-refractivity contribution in [1.29, 1.82) is 0 Å². The summed E-state index contributed by atoms with van der Waals surface area (Å²) in [5.41, 5.74) is 3.19. The molecule has 7 heteroatoms. The van der Waals surface area contributed by atoms with Gasteiger partial charge in [0.15, 0.2) is 0 Å². The van der Waals surface area contributed by atoms with Gasteiger partial charge in [-0.1, -0.05) is 17.7 Å². The van der Waals surface area contributed by atoms with Crippen LogP contribution >= 0.6 is 0 Å². The standard InChI is InChI=1S/C25H33F3N4/c1-20-4-6-22(7-5-20)32-16-13-30(14-17-32)19-21-18-23(8-9-24(21)25(26,27)28)31-11-3-10-29(2)12-15-31/h4-9,18H,3,10-17,19H2,1-2H3. The van der Waals surface area contributed by atoms with Crippen LogP contribution in [0.15, 0.2) is 42.5 Å². The minimum absolute atomic E-state index is 0.332. The normalized spacial score (nSPS) is 19.3. The van der Waals surface area contributed by atoms with Crippen LogP contribution in [0.4, 0.5) is 24.5 Å². The lowest BCUT2D eigenvalue weighted by Crippen LogP contribution is -2.46. The predicted molar refractivity (Wildman–Crippen MR) is 124 cm³/mol. The van der Waals surface area contributed by atoms with Crippen LogP contribution in [0.5, 0.6) is 0 Å².